The van der Waals surface area contributed by atoms with Crippen LogP contribution in [0.15, 0.2) is 24.3 Å². The first-order valence-electron chi connectivity index (χ1n) is 7.25. The number of benzene rings is 1. The summed E-state index contributed by atoms with van der Waals surface area (Å²) in [5, 5.41) is 3.07. The van der Waals surface area contributed by atoms with Crippen molar-refractivity contribution in [1.29, 1.82) is 0 Å². The molecule has 4 nitrogen and oxygen atoms in total. The highest BCUT2D eigenvalue weighted by atomic mass is 16.5. The lowest BCUT2D eigenvalue weighted by Gasteiger charge is -2.29. The number of carbonyl (C=O) groups is 1. The normalized spacial score (nSPS) is 22.1. The van der Waals surface area contributed by atoms with Gasteiger partial charge in [-0.2, -0.15) is 0 Å². The van der Waals surface area contributed by atoms with Gasteiger partial charge in [0.05, 0.1) is 7.11 Å². The Morgan fingerprint density at radius 1 is 1.20 bits per heavy atom. The molecule has 0 aromatic heterocycles. The average Bonchev–Trinajstić information content (AvgIpc) is 2.48. The average molecular weight is 277 g/mol. The van der Waals surface area contributed by atoms with Crippen LogP contribution in [0.25, 0.3) is 0 Å². The predicted octanol–water partition coefficient (Wildman–Crippen LogP) is 2.77. The zero-order valence-electron chi connectivity index (χ0n) is 12.2. The van der Waals surface area contributed by atoms with E-state index in [4.69, 9.17) is 9.47 Å². The smallest absolute Gasteiger partial charge is 0.258 e. The van der Waals surface area contributed by atoms with Crippen LogP contribution in [0.2, 0.25) is 0 Å². The second kappa shape index (κ2) is 7.17. The van der Waals surface area contributed by atoms with E-state index in [1.807, 2.05) is 12.1 Å². The van der Waals surface area contributed by atoms with Crippen LogP contribution in [0.5, 0.6) is 11.5 Å². The number of rotatable bonds is 5. The van der Waals surface area contributed by atoms with Crippen LogP contribution in [0, 0.1) is 5.92 Å². The van der Waals surface area contributed by atoms with Crippen LogP contribution in [0.1, 0.15) is 32.6 Å². The molecule has 1 aliphatic rings. The fraction of sp³-hybridized carbons (Fsp3) is 0.562. The van der Waals surface area contributed by atoms with Gasteiger partial charge < -0.3 is 14.8 Å². The summed E-state index contributed by atoms with van der Waals surface area (Å²) in [6.07, 6.45) is 4.75. The van der Waals surface area contributed by atoms with Crippen molar-refractivity contribution in [3.63, 3.8) is 0 Å². The molecule has 0 heterocycles. The van der Waals surface area contributed by atoms with Crippen LogP contribution in [0.4, 0.5) is 0 Å². The van der Waals surface area contributed by atoms with Crippen LogP contribution in [0.3, 0.4) is 0 Å². The van der Waals surface area contributed by atoms with Crippen molar-refractivity contribution in [2.75, 3.05) is 13.7 Å². The van der Waals surface area contributed by atoms with Crippen molar-refractivity contribution in [1.82, 2.24) is 5.32 Å². The molecule has 1 aromatic carbocycles. The zero-order chi connectivity index (χ0) is 14.4. The second-order valence-corrected chi connectivity index (χ2v) is 5.40. The first-order valence-corrected chi connectivity index (χ1v) is 7.25. The molecule has 1 saturated carbocycles. The van der Waals surface area contributed by atoms with E-state index < -0.39 is 0 Å². The minimum atomic E-state index is -0.0421. The first-order chi connectivity index (χ1) is 9.69. The molecule has 0 bridgehead atoms. The first kappa shape index (κ1) is 14.7. The van der Waals surface area contributed by atoms with E-state index in [9.17, 15) is 4.79 Å². The highest BCUT2D eigenvalue weighted by Gasteiger charge is 2.22. The molecule has 0 aliphatic heterocycles. The Kier molecular flexibility index (Phi) is 5.27. The van der Waals surface area contributed by atoms with Gasteiger partial charge in [-0.1, -0.05) is 19.8 Å². The molecule has 110 valence electrons. The maximum atomic E-state index is 11.9. The Morgan fingerprint density at radius 2 is 1.85 bits per heavy atom. The standard InChI is InChI=1S/C16H23NO3/c1-12-5-3-4-6-15(12)17-16(18)11-20-14-9-7-13(19-2)8-10-14/h7-10,12,15H,3-6,11H2,1-2H3,(H,17,18)/t12-,15-/m1/s1. The maximum absolute atomic E-state index is 11.9. The lowest BCUT2D eigenvalue weighted by atomic mass is 9.86. The number of ether oxygens (including phenoxy) is 2. The van der Waals surface area contributed by atoms with Crippen molar-refractivity contribution in [3.05, 3.63) is 24.3 Å². The fourth-order valence-electron chi connectivity index (χ4n) is 2.60. The molecule has 1 N–H and O–H groups in total. The third-order valence-electron chi connectivity index (χ3n) is 3.89. The van der Waals surface area contributed by atoms with Crippen molar-refractivity contribution < 1.29 is 14.3 Å². The van der Waals surface area contributed by atoms with Crippen molar-refractivity contribution in [2.45, 2.75) is 38.6 Å². The number of methoxy groups -OCH3 is 1. The molecule has 1 amide bonds. The molecule has 4 heteroatoms. The van der Waals surface area contributed by atoms with Crippen LogP contribution < -0.4 is 14.8 Å². The van der Waals surface area contributed by atoms with Crippen molar-refractivity contribution in [2.24, 2.45) is 5.92 Å². The van der Waals surface area contributed by atoms with Gasteiger partial charge >= 0.3 is 0 Å². The molecule has 1 fully saturated rings. The largest absolute Gasteiger partial charge is 0.497 e. The van der Waals surface area contributed by atoms with Gasteiger partial charge in [-0.25, -0.2) is 0 Å². The summed E-state index contributed by atoms with van der Waals surface area (Å²) >= 11 is 0. The van der Waals surface area contributed by atoms with Crippen LogP contribution in [-0.4, -0.2) is 25.7 Å². The molecular weight excluding hydrogens is 254 g/mol. The predicted molar refractivity (Wildman–Crippen MR) is 78.1 cm³/mol. The molecule has 1 aliphatic carbocycles. The maximum Gasteiger partial charge on any atom is 0.258 e. The summed E-state index contributed by atoms with van der Waals surface area (Å²) < 4.78 is 10.5. The van der Waals surface area contributed by atoms with Crippen LogP contribution >= 0.6 is 0 Å². The molecule has 0 radical (unpaired) electrons. The summed E-state index contributed by atoms with van der Waals surface area (Å²) in [7, 11) is 1.62. The third-order valence-corrected chi connectivity index (χ3v) is 3.89. The summed E-state index contributed by atoms with van der Waals surface area (Å²) in [6.45, 7) is 2.27. The van der Waals surface area contributed by atoms with E-state index in [-0.39, 0.29) is 12.5 Å². The number of carbonyl (C=O) groups excluding carboxylic acids is 1. The van der Waals surface area contributed by atoms with Gasteiger partial charge in [-0.3, -0.25) is 4.79 Å². The summed E-state index contributed by atoms with van der Waals surface area (Å²) in [5.74, 6) is 1.98. The minimum absolute atomic E-state index is 0.0421. The molecule has 1 aromatic rings. The zero-order valence-corrected chi connectivity index (χ0v) is 12.2. The molecule has 0 saturated heterocycles. The lowest BCUT2D eigenvalue weighted by molar-refractivity contribution is -0.124. The number of nitrogens with one attached hydrogen (secondary N) is 1. The molecule has 0 unspecified atom stereocenters. The van der Waals surface area contributed by atoms with Crippen molar-refractivity contribution in [3.8, 4) is 11.5 Å². The topological polar surface area (TPSA) is 47.6 Å². The SMILES string of the molecule is COc1ccc(OCC(=O)N[C@@H]2CCCC[C@H]2C)cc1. The Labute approximate surface area is 120 Å². The molecular formula is C16H23NO3. The Balaban J connectivity index is 1.76. The van der Waals surface area contributed by atoms with Gasteiger partial charge in [0.25, 0.3) is 5.91 Å². The monoisotopic (exact) mass is 277 g/mol. The summed E-state index contributed by atoms with van der Waals surface area (Å²) in [6, 6.07) is 7.54. The number of hydrogen-bond acceptors (Lipinski definition) is 3. The quantitative estimate of drug-likeness (QED) is 0.900. The Bertz CT molecular complexity index is 430. The van der Waals surface area contributed by atoms with E-state index in [0.717, 1.165) is 12.2 Å². The van der Waals surface area contributed by atoms with Crippen molar-refractivity contribution >= 4 is 5.91 Å². The van der Waals surface area contributed by atoms with E-state index in [0.29, 0.717) is 17.7 Å². The highest BCUT2D eigenvalue weighted by molar-refractivity contribution is 5.77. The second-order valence-electron chi connectivity index (χ2n) is 5.40. The molecule has 0 spiro atoms. The number of amides is 1. The van der Waals surface area contributed by atoms with E-state index >= 15 is 0 Å². The highest BCUT2D eigenvalue weighted by Crippen LogP contribution is 2.23. The Morgan fingerprint density at radius 3 is 2.50 bits per heavy atom. The fourth-order valence-corrected chi connectivity index (χ4v) is 2.60. The third kappa shape index (κ3) is 4.15. The van der Waals surface area contributed by atoms with Gasteiger partial charge in [0.2, 0.25) is 0 Å². The minimum Gasteiger partial charge on any atom is -0.497 e. The van der Waals surface area contributed by atoms with E-state index in [2.05, 4.69) is 12.2 Å². The lowest BCUT2D eigenvalue weighted by Crippen LogP contribution is -2.43. The molecule has 20 heavy (non-hydrogen) atoms. The van der Waals surface area contributed by atoms with Gasteiger partial charge in [-0.05, 0) is 43.0 Å². The van der Waals surface area contributed by atoms with E-state index in [1.54, 1.807) is 19.2 Å². The summed E-state index contributed by atoms with van der Waals surface area (Å²) in [5.41, 5.74) is 0. The number of hydrogen-bond donors (Lipinski definition) is 1. The summed E-state index contributed by atoms with van der Waals surface area (Å²) in [4.78, 5) is 11.9. The van der Waals surface area contributed by atoms with Gasteiger partial charge in [-0.15, -0.1) is 0 Å². The molecule has 2 rings (SSSR count). The van der Waals surface area contributed by atoms with Gasteiger partial charge in [0.15, 0.2) is 6.61 Å². The van der Waals surface area contributed by atoms with Gasteiger partial charge in [0.1, 0.15) is 11.5 Å². The van der Waals surface area contributed by atoms with E-state index in [1.165, 1.54) is 19.3 Å². The van der Waals surface area contributed by atoms with Gasteiger partial charge in [0, 0.05) is 6.04 Å². The molecule has 2 atom stereocenters. The Hall–Kier alpha value is -1.71. The van der Waals surface area contributed by atoms with Crippen LogP contribution in [-0.2, 0) is 4.79 Å².